The van der Waals surface area contributed by atoms with Crippen LogP contribution in [0, 0.1) is 4.77 Å². The highest BCUT2D eigenvalue weighted by atomic mass is 32.1. The number of aromatic nitrogens is 3. The number of benzene rings is 1. The van der Waals surface area contributed by atoms with E-state index in [4.69, 9.17) is 32.2 Å². The lowest BCUT2D eigenvalue weighted by Gasteiger charge is -2.14. The van der Waals surface area contributed by atoms with Crippen molar-refractivity contribution in [1.82, 2.24) is 14.9 Å². The van der Waals surface area contributed by atoms with Crippen LogP contribution >= 0.6 is 12.2 Å². The van der Waals surface area contributed by atoms with E-state index in [1.54, 1.807) is 18.3 Å². The molecule has 0 saturated carbocycles. The number of methoxy groups -OCH3 is 2. The Hall–Kier alpha value is -2.88. The fraction of sp³-hybridized carbons (Fsp3) is 0.231. The van der Waals surface area contributed by atoms with Gasteiger partial charge in [0.1, 0.15) is 6.33 Å². The number of carbonyl (C=O) groups excluding carboxylic acids is 1. The molecule has 0 bridgehead atoms. The molecule has 0 saturated heterocycles. The highest BCUT2D eigenvalue weighted by Crippen LogP contribution is 2.38. The summed E-state index contributed by atoms with van der Waals surface area (Å²) in [6.45, 7) is -0.287. The van der Waals surface area contributed by atoms with Crippen molar-refractivity contribution in [1.29, 1.82) is 0 Å². The van der Waals surface area contributed by atoms with Crippen LogP contribution in [-0.4, -0.2) is 47.8 Å². The number of hydrogen-bond donors (Lipinski definition) is 2. The number of amides is 1. The lowest BCUT2D eigenvalue weighted by Crippen LogP contribution is -2.20. The SMILES string of the molecule is COc1cc(/C=N\n2cn[nH]c2=S)cc(OC)c1OCC(N)=O. The van der Waals surface area contributed by atoms with Crippen molar-refractivity contribution < 1.29 is 19.0 Å². The molecule has 0 aliphatic carbocycles. The van der Waals surface area contributed by atoms with Crippen LogP contribution in [0.5, 0.6) is 17.2 Å². The summed E-state index contributed by atoms with van der Waals surface area (Å²) in [4.78, 5) is 10.9. The summed E-state index contributed by atoms with van der Waals surface area (Å²) in [5.74, 6) is 0.436. The second-order valence-electron chi connectivity index (χ2n) is 4.26. The van der Waals surface area contributed by atoms with Gasteiger partial charge in [0.2, 0.25) is 10.5 Å². The molecule has 3 N–H and O–H groups in total. The van der Waals surface area contributed by atoms with Gasteiger partial charge in [-0.3, -0.25) is 9.89 Å². The third-order valence-corrected chi connectivity index (χ3v) is 2.99. The summed E-state index contributed by atoms with van der Waals surface area (Å²) in [6.07, 6.45) is 2.99. The molecule has 0 atom stereocenters. The van der Waals surface area contributed by atoms with Crippen molar-refractivity contribution in [2.75, 3.05) is 20.8 Å². The van der Waals surface area contributed by atoms with Gasteiger partial charge in [-0.05, 0) is 24.4 Å². The first-order valence-electron chi connectivity index (χ1n) is 6.38. The maximum Gasteiger partial charge on any atom is 0.255 e. The second kappa shape index (κ2) is 7.40. The van der Waals surface area contributed by atoms with E-state index in [2.05, 4.69) is 15.3 Å². The maximum atomic E-state index is 10.9. The molecular formula is C13H15N5O4S. The second-order valence-corrected chi connectivity index (χ2v) is 4.65. The number of nitrogens with two attached hydrogens (primary N) is 1. The van der Waals surface area contributed by atoms with Gasteiger partial charge in [-0.25, -0.2) is 0 Å². The van der Waals surface area contributed by atoms with Gasteiger partial charge in [-0.2, -0.15) is 14.9 Å². The van der Waals surface area contributed by atoms with Crippen LogP contribution < -0.4 is 19.9 Å². The third-order valence-electron chi connectivity index (χ3n) is 2.71. The van der Waals surface area contributed by atoms with Crippen molar-refractivity contribution in [2.24, 2.45) is 10.8 Å². The molecule has 0 radical (unpaired) electrons. The Bertz CT molecular complexity index is 758. The molecule has 0 aliphatic heterocycles. The van der Waals surface area contributed by atoms with E-state index in [1.807, 2.05) is 0 Å². The number of ether oxygens (including phenoxy) is 3. The topological polar surface area (TPSA) is 117 Å². The standard InChI is InChI=1S/C13H15N5O4S/c1-20-9-3-8(5-16-18-7-15-17-13(18)23)4-10(21-2)12(9)22-6-11(14)19/h3-5,7H,6H2,1-2H3,(H2,14,19)(H,17,23)/b16-5-. The first-order chi connectivity index (χ1) is 11.0. The summed E-state index contributed by atoms with van der Waals surface area (Å²) in [5.41, 5.74) is 5.76. The molecule has 2 aromatic rings. The molecule has 9 nitrogen and oxygen atoms in total. The van der Waals surface area contributed by atoms with Gasteiger partial charge in [0, 0.05) is 5.56 Å². The number of carbonyl (C=O) groups is 1. The highest BCUT2D eigenvalue weighted by Gasteiger charge is 2.14. The van der Waals surface area contributed by atoms with E-state index in [0.29, 0.717) is 21.8 Å². The van der Waals surface area contributed by atoms with Crippen molar-refractivity contribution in [3.63, 3.8) is 0 Å². The van der Waals surface area contributed by atoms with E-state index in [-0.39, 0.29) is 12.4 Å². The minimum absolute atomic E-state index is 0.283. The quantitative estimate of drug-likeness (QED) is 0.567. The summed E-state index contributed by atoms with van der Waals surface area (Å²) >= 11 is 5.00. The molecule has 0 unspecified atom stereocenters. The van der Waals surface area contributed by atoms with Gasteiger partial charge in [0.15, 0.2) is 18.1 Å². The van der Waals surface area contributed by atoms with Crippen molar-refractivity contribution in [2.45, 2.75) is 0 Å². The first kappa shape index (κ1) is 16.5. The fourth-order valence-corrected chi connectivity index (χ4v) is 1.86. The van der Waals surface area contributed by atoms with Crippen LogP contribution in [0.3, 0.4) is 0 Å². The highest BCUT2D eigenvalue weighted by molar-refractivity contribution is 7.71. The normalized spacial score (nSPS) is 10.7. The van der Waals surface area contributed by atoms with E-state index in [9.17, 15) is 4.79 Å². The molecule has 122 valence electrons. The lowest BCUT2D eigenvalue weighted by molar-refractivity contribution is -0.119. The molecule has 1 aromatic heterocycles. The van der Waals surface area contributed by atoms with E-state index < -0.39 is 5.91 Å². The van der Waals surface area contributed by atoms with Gasteiger partial charge >= 0.3 is 0 Å². The Balaban J connectivity index is 2.35. The Kier molecular flexibility index (Phi) is 5.31. The maximum absolute atomic E-state index is 10.9. The number of nitrogens with zero attached hydrogens (tertiary/aromatic N) is 3. The Morgan fingerprint density at radius 2 is 2.09 bits per heavy atom. The van der Waals surface area contributed by atoms with Crippen molar-refractivity contribution >= 4 is 24.3 Å². The zero-order chi connectivity index (χ0) is 16.8. The molecule has 0 fully saturated rings. The number of primary amides is 1. The Labute approximate surface area is 136 Å². The third kappa shape index (κ3) is 4.07. The van der Waals surface area contributed by atoms with Gasteiger partial charge in [-0.1, -0.05) is 0 Å². The van der Waals surface area contributed by atoms with Crippen molar-refractivity contribution in [3.8, 4) is 17.2 Å². The predicted molar refractivity (Wildman–Crippen MR) is 84.6 cm³/mol. The van der Waals surface area contributed by atoms with Crippen LogP contribution in [0.25, 0.3) is 0 Å². The van der Waals surface area contributed by atoms with Crippen LogP contribution in [0.1, 0.15) is 5.56 Å². The number of aromatic amines is 1. The van der Waals surface area contributed by atoms with Crippen LogP contribution in [-0.2, 0) is 4.79 Å². The van der Waals surface area contributed by atoms with E-state index in [0.717, 1.165) is 0 Å². The lowest BCUT2D eigenvalue weighted by atomic mass is 10.2. The first-order valence-corrected chi connectivity index (χ1v) is 6.79. The Morgan fingerprint density at radius 1 is 1.43 bits per heavy atom. The number of H-pyrrole nitrogens is 1. The zero-order valence-corrected chi connectivity index (χ0v) is 13.3. The van der Waals surface area contributed by atoms with E-state index in [1.165, 1.54) is 25.2 Å². The zero-order valence-electron chi connectivity index (χ0n) is 12.5. The average molecular weight is 337 g/mol. The van der Waals surface area contributed by atoms with Gasteiger partial charge in [0.05, 0.1) is 20.4 Å². The van der Waals surface area contributed by atoms with Gasteiger partial charge < -0.3 is 19.9 Å². The number of nitrogens with one attached hydrogen (secondary N) is 1. The number of rotatable bonds is 7. The largest absolute Gasteiger partial charge is 0.493 e. The fourth-order valence-electron chi connectivity index (χ4n) is 1.71. The average Bonchev–Trinajstić information content (AvgIpc) is 2.95. The minimum Gasteiger partial charge on any atom is -0.493 e. The molecule has 0 spiro atoms. The summed E-state index contributed by atoms with van der Waals surface area (Å²) < 4.78 is 17.6. The monoisotopic (exact) mass is 337 g/mol. The minimum atomic E-state index is -0.603. The molecule has 1 amide bonds. The van der Waals surface area contributed by atoms with Gasteiger partial charge in [-0.15, -0.1) is 0 Å². The summed E-state index contributed by atoms with van der Waals surface area (Å²) in [5, 5.41) is 10.5. The summed E-state index contributed by atoms with van der Waals surface area (Å²) in [6, 6.07) is 3.35. The van der Waals surface area contributed by atoms with Crippen LogP contribution in [0.15, 0.2) is 23.6 Å². The van der Waals surface area contributed by atoms with E-state index >= 15 is 0 Å². The smallest absolute Gasteiger partial charge is 0.255 e. The molecule has 2 rings (SSSR count). The van der Waals surface area contributed by atoms with Crippen LogP contribution in [0.2, 0.25) is 0 Å². The predicted octanol–water partition coefficient (Wildman–Crippen LogP) is 0.704. The molecular weight excluding hydrogens is 322 g/mol. The van der Waals surface area contributed by atoms with Gasteiger partial charge in [0.25, 0.3) is 5.91 Å². The van der Waals surface area contributed by atoms with Crippen molar-refractivity contribution in [3.05, 3.63) is 28.8 Å². The van der Waals surface area contributed by atoms with Crippen LogP contribution in [0.4, 0.5) is 0 Å². The molecule has 23 heavy (non-hydrogen) atoms. The molecule has 1 heterocycles. The number of hydrogen-bond acceptors (Lipinski definition) is 7. The molecule has 0 aliphatic rings. The molecule has 10 heteroatoms. The molecule has 1 aromatic carbocycles. The summed E-state index contributed by atoms with van der Waals surface area (Å²) in [7, 11) is 2.94. The Morgan fingerprint density at radius 3 is 2.57 bits per heavy atom.